The van der Waals surface area contributed by atoms with E-state index in [1.807, 2.05) is 18.2 Å². The Morgan fingerprint density at radius 1 is 1.26 bits per heavy atom. The number of benzene rings is 1. The molecule has 0 aliphatic heterocycles. The molecule has 0 aromatic heterocycles. The van der Waals surface area contributed by atoms with Crippen molar-refractivity contribution in [1.29, 1.82) is 0 Å². The van der Waals surface area contributed by atoms with Crippen LogP contribution in [0.4, 0.5) is 0 Å². The predicted octanol–water partition coefficient (Wildman–Crippen LogP) is 2.34. The molecule has 19 heavy (non-hydrogen) atoms. The van der Waals surface area contributed by atoms with E-state index in [0.717, 1.165) is 23.6 Å². The molecule has 0 spiro atoms. The molecule has 1 atom stereocenters. The summed E-state index contributed by atoms with van der Waals surface area (Å²) in [5, 5.41) is 12.6. The second kappa shape index (κ2) is 8.02. The topological polar surface area (TPSA) is 50.7 Å². The summed E-state index contributed by atoms with van der Waals surface area (Å²) in [5.74, 6) is 1.59. The Bertz CT molecular complexity index is 378. The summed E-state index contributed by atoms with van der Waals surface area (Å²) in [6.45, 7) is 7.23. The monoisotopic (exact) mass is 267 g/mol. The van der Waals surface area contributed by atoms with E-state index in [-0.39, 0.29) is 6.10 Å². The molecule has 4 heteroatoms. The molecule has 4 nitrogen and oxygen atoms in total. The van der Waals surface area contributed by atoms with Crippen LogP contribution in [0.2, 0.25) is 0 Å². The molecule has 1 aromatic rings. The first kappa shape index (κ1) is 15.8. The zero-order valence-electron chi connectivity index (χ0n) is 12.3. The highest BCUT2D eigenvalue weighted by Crippen LogP contribution is 2.25. The van der Waals surface area contributed by atoms with Gasteiger partial charge in [-0.05, 0) is 13.0 Å². The quantitative estimate of drug-likeness (QED) is 0.759. The molecule has 1 rings (SSSR count). The molecule has 2 N–H and O–H groups in total. The normalized spacial score (nSPS) is 12.5. The zero-order valence-corrected chi connectivity index (χ0v) is 12.3. The smallest absolute Gasteiger partial charge is 0.127 e. The Morgan fingerprint density at radius 2 is 2.00 bits per heavy atom. The molecule has 0 heterocycles. The van der Waals surface area contributed by atoms with Gasteiger partial charge in [0.25, 0.3) is 0 Å². The number of rotatable bonds is 8. The van der Waals surface area contributed by atoms with Crippen LogP contribution in [0, 0.1) is 0 Å². The minimum absolute atomic E-state index is 0.345. The van der Waals surface area contributed by atoms with Gasteiger partial charge in [0.05, 0.1) is 19.8 Å². The maximum Gasteiger partial charge on any atom is 0.127 e. The van der Waals surface area contributed by atoms with Gasteiger partial charge in [0.1, 0.15) is 11.5 Å². The van der Waals surface area contributed by atoms with Crippen molar-refractivity contribution in [3.05, 3.63) is 23.8 Å². The second-order valence-electron chi connectivity index (χ2n) is 5.00. The van der Waals surface area contributed by atoms with Crippen LogP contribution in [0.3, 0.4) is 0 Å². The van der Waals surface area contributed by atoms with Crippen molar-refractivity contribution in [2.75, 3.05) is 13.7 Å². The van der Waals surface area contributed by atoms with Gasteiger partial charge >= 0.3 is 0 Å². The third-order valence-corrected chi connectivity index (χ3v) is 2.77. The van der Waals surface area contributed by atoms with Crippen LogP contribution < -0.4 is 14.8 Å². The van der Waals surface area contributed by atoms with Crippen molar-refractivity contribution >= 4 is 0 Å². The standard InChI is InChI=1S/C15H25NO3/c1-11(2)16-10-13-5-6-14(18-4)9-15(13)19-8-7-12(3)17/h5-6,9,11-12,16-17H,7-8,10H2,1-4H3. The summed E-state index contributed by atoms with van der Waals surface area (Å²) >= 11 is 0. The second-order valence-corrected chi connectivity index (χ2v) is 5.00. The van der Waals surface area contributed by atoms with E-state index in [9.17, 15) is 5.11 Å². The average Bonchev–Trinajstić information content (AvgIpc) is 2.36. The number of aliphatic hydroxyl groups is 1. The first-order valence-electron chi connectivity index (χ1n) is 6.74. The summed E-state index contributed by atoms with van der Waals surface area (Å²) in [6, 6.07) is 6.25. The van der Waals surface area contributed by atoms with Crippen molar-refractivity contribution < 1.29 is 14.6 Å². The Balaban J connectivity index is 2.71. The predicted molar refractivity (Wildman–Crippen MR) is 76.8 cm³/mol. The molecule has 0 fully saturated rings. The van der Waals surface area contributed by atoms with Gasteiger partial charge in [-0.3, -0.25) is 0 Å². The Kier molecular flexibility index (Phi) is 6.67. The highest BCUT2D eigenvalue weighted by atomic mass is 16.5. The fourth-order valence-electron chi connectivity index (χ4n) is 1.60. The lowest BCUT2D eigenvalue weighted by atomic mass is 10.1. The van der Waals surface area contributed by atoms with E-state index >= 15 is 0 Å². The van der Waals surface area contributed by atoms with Gasteiger partial charge in [-0.2, -0.15) is 0 Å². The van der Waals surface area contributed by atoms with Gasteiger partial charge in [0, 0.05) is 30.6 Å². The van der Waals surface area contributed by atoms with E-state index in [1.54, 1.807) is 14.0 Å². The number of hydrogen-bond donors (Lipinski definition) is 2. The first-order valence-corrected chi connectivity index (χ1v) is 6.74. The summed E-state index contributed by atoms with van der Waals surface area (Å²) in [5.41, 5.74) is 1.10. The lowest BCUT2D eigenvalue weighted by Crippen LogP contribution is -2.22. The van der Waals surface area contributed by atoms with E-state index in [1.165, 1.54) is 0 Å². The zero-order chi connectivity index (χ0) is 14.3. The molecular weight excluding hydrogens is 242 g/mol. The molecule has 0 saturated heterocycles. The van der Waals surface area contributed by atoms with Crippen LogP contribution >= 0.6 is 0 Å². The van der Waals surface area contributed by atoms with Crippen LogP contribution in [0.5, 0.6) is 11.5 Å². The number of ether oxygens (including phenoxy) is 2. The van der Waals surface area contributed by atoms with Crippen molar-refractivity contribution in [1.82, 2.24) is 5.32 Å². The Morgan fingerprint density at radius 3 is 2.58 bits per heavy atom. The Hall–Kier alpha value is -1.26. The Labute approximate surface area is 115 Å². The van der Waals surface area contributed by atoms with Crippen LogP contribution in [-0.4, -0.2) is 31.0 Å². The van der Waals surface area contributed by atoms with Crippen molar-refractivity contribution in [3.63, 3.8) is 0 Å². The van der Waals surface area contributed by atoms with Gasteiger partial charge in [-0.25, -0.2) is 0 Å². The van der Waals surface area contributed by atoms with Gasteiger partial charge in [-0.1, -0.05) is 19.9 Å². The maximum atomic E-state index is 9.26. The first-order chi connectivity index (χ1) is 9.02. The molecule has 1 unspecified atom stereocenters. The van der Waals surface area contributed by atoms with Gasteiger partial charge in [-0.15, -0.1) is 0 Å². The number of methoxy groups -OCH3 is 1. The van der Waals surface area contributed by atoms with Crippen LogP contribution in [0.15, 0.2) is 18.2 Å². The molecular formula is C15H25NO3. The minimum atomic E-state index is -0.345. The number of aliphatic hydroxyl groups excluding tert-OH is 1. The van der Waals surface area contributed by atoms with Crippen LogP contribution in [0.1, 0.15) is 32.8 Å². The lowest BCUT2D eigenvalue weighted by molar-refractivity contribution is 0.155. The largest absolute Gasteiger partial charge is 0.497 e. The third kappa shape index (κ3) is 5.94. The SMILES string of the molecule is COc1ccc(CNC(C)C)c(OCCC(C)O)c1. The molecule has 0 aliphatic rings. The minimum Gasteiger partial charge on any atom is -0.497 e. The third-order valence-electron chi connectivity index (χ3n) is 2.77. The molecule has 108 valence electrons. The number of nitrogens with one attached hydrogen (secondary N) is 1. The van der Waals surface area contributed by atoms with E-state index in [2.05, 4.69) is 19.2 Å². The molecule has 0 aliphatic carbocycles. The highest BCUT2D eigenvalue weighted by molar-refractivity contribution is 5.40. The fraction of sp³-hybridized carbons (Fsp3) is 0.600. The van der Waals surface area contributed by atoms with Crippen molar-refractivity contribution in [3.8, 4) is 11.5 Å². The lowest BCUT2D eigenvalue weighted by Gasteiger charge is -2.15. The van der Waals surface area contributed by atoms with Crippen molar-refractivity contribution in [2.45, 2.75) is 45.9 Å². The summed E-state index contributed by atoms with van der Waals surface area (Å²) in [6.07, 6.45) is 0.275. The summed E-state index contributed by atoms with van der Waals surface area (Å²) in [7, 11) is 1.64. The van der Waals surface area contributed by atoms with Crippen LogP contribution in [-0.2, 0) is 6.54 Å². The molecule has 0 amide bonds. The van der Waals surface area contributed by atoms with Crippen LogP contribution in [0.25, 0.3) is 0 Å². The van der Waals surface area contributed by atoms with Gasteiger partial charge in [0.2, 0.25) is 0 Å². The van der Waals surface area contributed by atoms with E-state index in [0.29, 0.717) is 19.1 Å². The molecule has 0 radical (unpaired) electrons. The van der Waals surface area contributed by atoms with E-state index < -0.39 is 0 Å². The number of hydrogen-bond acceptors (Lipinski definition) is 4. The summed E-state index contributed by atoms with van der Waals surface area (Å²) in [4.78, 5) is 0. The van der Waals surface area contributed by atoms with Gasteiger partial charge < -0.3 is 19.9 Å². The van der Waals surface area contributed by atoms with Crippen molar-refractivity contribution in [2.24, 2.45) is 0 Å². The maximum absolute atomic E-state index is 9.26. The van der Waals surface area contributed by atoms with E-state index in [4.69, 9.17) is 9.47 Å². The summed E-state index contributed by atoms with van der Waals surface area (Å²) < 4.78 is 11.0. The molecule has 0 saturated carbocycles. The average molecular weight is 267 g/mol. The van der Waals surface area contributed by atoms with Gasteiger partial charge in [0.15, 0.2) is 0 Å². The molecule has 0 bridgehead atoms. The fourth-order valence-corrected chi connectivity index (χ4v) is 1.60. The highest BCUT2D eigenvalue weighted by Gasteiger charge is 2.07. The molecule has 1 aromatic carbocycles.